The number of hydrogen-bond donors (Lipinski definition) is 3. The summed E-state index contributed by atoms with van der Waals surface area (Å²) in [5.41, 5.74) is 7.42. The number of hydrogen-bond acceptors (Lipinski definition) is 10. The summed E-state index contributed by atoms with van der Waals surface area (Å²) in [6.07, 6.45) is 7.38. The van der Waals surface area contributed by atoms with Crippen LogP contribution in [0.3, 0.4) is 0 Å². The maximum atomic E-state index is 12.4. The quantitative estimate of drug-likeness (QED) is 0.226. The van der Waals surface area contributed by atoms with E-state index in [1.54, 1.807) is 18.0 Å². The summed E-state index contributed by atoms with van der Waals surface area (Å²) >= 11 is 3.55. The smallest absolute Gasteiger partial charge is 0.229 e. The summed E-state index contributed by atoms with van der Waals surface area (Å²) in [6.45, 7) is 2.86. The Balaban J connectivity index is 1.34. The number of halogens is 1. The minimum Gasteiger partial charge on any atom is -0.494 e. The lowest BCUT2D eigenvalue weighted by Crippen LogP contribution is -2.36. The number of benzene rings is 2. The number of sulfonamides is 1. The van der Waals surface area contributed by atoms with Crippen molar-refractivity contribution in [3.63, 3.8) is 0 Å². The highest BCUT2D eigenvalue weighted by molar-refractivity contribution is 9.10. The third-order valence-corrected chi connectivity index (χ3v) is 9.57. The molecule has 6 rings (SSSR count). The highest BCUT2D eigenvalue weighted by atomic mass is 79.9. The maximum absolute atomic E-state index is 12.4. The van der Waals surface area contributed by atoms with E-state index in [2.05, 4.69) is 46.3 Å². The molecule has 12 nitrogen and oxygen atoms in total. The van der Waals surface area contributed by atoms with E-state index in [0.29, 0.717) is 52.1 Å². The molecular formula is C29H33BrN8O4S. The molecule has 0 radical (unpaired) electrons. The normalized spacial score (nSPS) is 14.7. The van der Waals surface area contributed by atoms with Crippen molar-refractivity contribution in [2.75, 3.05) is 56.0 Å². The van der Waals surface area contributed by atoms with Gasteiger partial charge in [-0.1, -0.05) is 6.07 Å². The van der Waals surface area contributed by atoms with Crippen LogP contribution in [0.4, 0.5) is 28.8 Å². The van der Waals surface area contributed by atoms with Gasteiger partial charge in [-0.15, -0.1) is 0 Å². The first-order valence-electron chi connectivity index (χ1n) is 13.9. The van der Waals surface area contributed by atoms with Crippen LogP contribution in [0.1, 0.15) is 16.7 Å². The summed E-state index contributed by atoms with van der Waals surface area (Å²) in [5.74, 6) is 1.33. The molecule has 1 aliphatic heterocycles. The van der Waals surface area contributed by atoms with Crippen molar-refractivity contribution >= 4 is 54.8 Å². The molecule has 14 heteroatoms. The van der Waals surface area contributed by atoms with Gasteiger partial charge in [0.25, 0.3) is 0 Å². The van der Waals surface area contributed by atoms with Crippen molar-refractivity contribution in [3.05, 3.63) is 64.0 Å². The molecule has 0 atom stereocenters. The zero-order chi connectivity index (χ0) is 30.1. The number of ether oxygens (including phenoxy) is 2. The minimum absolute atomic E-state index is 0.142. The van der Waals surface area contributed by atoms with Gasteiger partial charge in [0.05, 0.1) is 42.4 Å². The molecule has 43 heavy (non-hydrogen) atoms. The van der Waals surface area contributed by atoms with E-state index in [0.717, 1.165) is 42.7 Å². The third-order valence-electron chi connectivity index (χ3n) is 7.67. The monoisotopic (exact) mass is 668 g/mol. The summed E-state index contributed by atoms with van der Waals surface area (Å²) < 4.78 is 41.1. The molecule has 0 spiro atoms. The minimum atomic E-state index is -3.47. The molecule has 0 unspecified atom stereocenters. The second kappa shape index (κ2) is 12.1. The second-order valence-electron chi connectivity index (χ2n) is 10.5. The predicted octanol–water partition coefficient (Wildman–Crippen LogP) is 4.12. The van der Waals surface area contributed by atoms with Crippen LogP contribution in [-0.2, 0) is 40.4 Å². The number of fused-ring (bicyclic) bond motifs is 1. The first-order chi connectivity index (χ1) is 20.7. The second-order valence-corrected chi connectivity index (χ2v) is 13.2. The summed E-state index contributed by atoms with van der Waals surface area (Å²) in [4.78, 5) is 11.5. The Bertz CT molecular complexity index is 1770. The van der Waals surface area contributed by atoms with Crippen molar-refractivity contribution in [3.8, 4) is 16.9 Å². The number of rotatable bonds is 10. The molecule has 2 aromatic carbocycles. The predicted molar refractivity (Wildman–Crippen MR) is 170 cm³/mol. The van der Waals surface area contributed by atoms with E-state index in [4.69, 9.17) is 14.5 Å². The van der Waals surface area contributed by atoms with Crippen LogP contribution in [0.2, 0.25) is 0 Å². The molecule has 3 heterocycles. The van der Waals surface area contributed by atoms with Crippen LogP contribution in [0.25, 0.3) is 11.1 Å². The van der Waals surface area contributed by atoms with Crippen LogP contribution < -0.4 is 25.0 Å². The molecule has 0 bridgehead atoms. The standard InChI is InChI=1S/C29H33BrN8O4S/c1-31-43(39,40)17-20-10-18-4-5-19(18)11-24(20)34-28-23(30)15-32-29(36-28)35-25-12-22(21-14-33-37(2)16-21)26(13-27(25)41-3)38-6-8-42-9-7-38/h10-16,31H,4-9,17H2,1-3H3,(H2,32,34,35,36). The summed E-state index contributed by atoms with van der Waals surface area (Å²) in [7, 11) is 1.47. The van der Waals surface area contributed by atoms with Gasteiger partial charge < -0.3 is 25.0 Å². The number of aromatic nitrogens is 4. The Morgan fingerprint density at radius 2 is 1.81 bits per heavy atom. The van der Waals surface area contributed by atoms with E-state index in [1.807, 2.05) is 43.7 Å². The number of nitrogens with one attached hydrogen (secondary N) is 3. The third kappa shape index (κ3) is 6.32. The van der Waals surface area contributed by atoms with E-state index in [9.17, 15) is 8.42 Å². The van der Waals surface area contributed by atoms with Gasteiger partial charge in [-0.3, -0.25) is 4.68 Å². The Morgan fingerprint density at radius 1 is 1.05 bits per heavy atom. The molecule has 226 valence electrons. The van der Waals surface area contributed by atoms with Crippen molar-refractivity contribution in [2.45, 2.75) is 18.6 Å². The highest BCUT2D eigenvalue weighted by Gasteiger charge is 2.23. The Morgan fingerprint density at radius 3 is 2.49 bits per heavy atom. The van der Waals surface area contributed by atoms with Crippen molar-refractivity contribution in [1.82, 2.24) is 24.5 Å². The maximum Gasteiger partial charge on any atom is 0.229 e. The fourth-order valence-corrected chi connectivity index (χ4v) is 6.35. The van der Waals surface area contributed by atoms with E-state index in [-0.39, 0.29) is 5.75 Å². The van der Waals surface area contributed by atoms with Crippen LogP contribution in [0.15, 0.2) is 47.3 Å². The lowest BCUT2D eigenvalue weighted by Gasteiger charge is -2.31. The first-order valence-corrected chi connectivity index (χ1v) is 16.3. The van der Waals surface area contributed by atoms with Crippen LogP contribution in [0, 0.1) is 0 Å². The molecule has 1 aliphatic carbocycles. The fraction of sp³-hybridized carbons (Fsp3) is 0.345. The zero-order valence-corrected chi connectivity index (χ0v) is 26.5. The van der Waals surface area contributed by atoms with Gasteiger partial charge in [0, 0.05) is 61.1 Å². The van der Waals surface area contributed by atoms with Gasteiger partial charge >= 0.3 is 0 Å². The Labute approximate surface area is 259 Å². The van der Waals surface area contributed by atoms with Gasteiger partial charge in [-0.05, 0) is 64.6 Å². The SMILES string of the molecule is CNS(=O)(=O)Cc1cc2c(cc1Nc1nc(Nc3cc(-c4cnn(C)c4)c(N4CCOCC4)cc3OC)ncc1Br)CC2. The topological polar surface area (TPSA) is 136 Å². The van der Waals surface area contributed by atoms with Gasteiger partial charge in [-0.2, -0.15) is 10.1 Å². The van der Waals surface area contributed by atoms with Crippen LogP contribution >= 0.6 is 15.9 Å². The Kier molecular flexibility index (Phi) is 8.27. The molecule has 4 aromatic rings. The number of aryl methyl sites for hydroxylation is 3. The Hall–Kier alpha value is -3.72. The molecule has 0 amide bonds. The zero-order valence-electron chi connectivity index (χ0n) is 24.1. The van der Waals surface area contributed by atoms with Gasteiger partial charge in [0.2, 0.25) is 16.0 Å². The van der Waals surface area contributed by atoms with E-state index < -0.39 is 10.0 Å². The molecule has 1 saturated heterocycles. The summed E-state index contributed by atoms with van der Waals surface area (Å²) in [6, 6.07) is 8.01. The van der Waals surface area contributed by atoms with Crippen molar-refractivity contribution in [1.29, 1.82) is 0 Å². The largest absolute Gasteiger partial charge is 0.494 e. The van der Waals surface area contributed by atoms with Crippen molar-refractivity contribution < 1.29 is 17.9 Å². The average molecular weight is 670 g/mol. The molecule has 1 fully saturated rings. The van der Waals surface area contributed by atoms with Gasteiger partial charge in [0.1, 0.15) is 11.6 Å². The van der Waals surface area contributed by atoms with Gasteiger partial charge in [0.15, 0.2) is 0 Å². The number of methoxy groups -OCH3 is 1. The molecule has 2 aliphatic rings. The van der Waals surface area contributed by atoms with Crippen LogP contribution in [0.5, 0.6) is 5.75 Å². The number of morpholine rings is 1. The van der Waals surface area contributed by atoms with E-state index in [1.165, 1.54) is 18.2 Å². The fourth-order valence-electron chi connectivity index (χ4n) is 5.27. The van der Waals surface area contributed by atoms with Crippen LogP contribution in [-0.4, -0.2) is 68.6 Å². The molecule has 3 N–H and O–H groups in total. The number of nitrogens with zero attached hydrogens (tertiary/aromatic N) is 5. The van der Waals surface area contributed by atoms with Gasteiger partial charge in [-0.25, -0.2) is 18.1 Å². The van der Waals surface area contributed by atoms with E-state index >= 15 is 0 Å². The lowest BCUT2D eigenvalue weighted by atomic mass is 9.86. The number of anilines is 5. The van der Waals surface area contributed by atoms with Crippen molar-refractivity contribution in [2.24, 2.45) is 7.05 Å². The highest BCUT2D eigenvalue weighted by Crippen LogP contribution is 2.41. The summed E-state index contributed by atoms with van der Waals surface area (Å²) in [5, 5.41) is 11.1. The lowest BCUT2D eigenvalue weighted by molar-refractivity contribution is 0.122. The molecule has 0 saturated carbocycles. The molecule has 2 aromatic heterocycles. The average Bonchev–Trinajstić information content (AvgIpc) is 3.43. The molecular weight excluding hydrogens is 636 g/mol. The first kappa shape index (κ1) is 29.4.